The molecule has 0 aromatic heterocycles. The number of benzene rings is 1. The van der Waals surface area contributed by atoms with Gasteiger partial charge in [-0.2, -0.15) is 11.8 Å². The third kappa shape index (κ3) is 5.08. The van der Waals surface area contributed by atoms with Gasteiger partial charge in [-0.05, 0) is 42.2 Å². The molecule has 0 bridgehead atoms. The minimum Gasteiger partial charge on any atom is -0.409 e. The predicted octanol–water partition coefficient (Wildman–Crippen LogP) is 2.01. The maximum atomic E-state index is 13.2. The molecule has 4 nitrogen and oxygen atoms in total. The van der Waals surface area contributed by atoms with Crippen LogP contribution in [0.4, 0.5) is 4.39 Å². The molecule has 4 N–H and O–H groups in total. The third-order valence-corrected chi connectivity index (χ3v) is 3.62. The Kier molecular flexibility index (Phi) is 6.66. The lowest BCUT2D eigenvalue weighted by Crippen LogP contribution is -2.24. The molecule has 0 radical (unpaired) electrons. The van der Waals surface area contributed by atoms with Gasteiger partial charge in [0.25, 0.3) is 0 Å². The van der Waals surface area contributed by atoms with E-state index in [4.69, 9.17) is 10.9 Å². The fraction of sp³-hybridized carbons (Fsp3) is 0.462. The second-order valence-corrected chi connectivity index (χ2v) is 5.39. The van der Waals surface area contributed by atoms with E-state index in [0.29, 0.717) is 18.0 Å². The minimum absolute atomic E-state index is 0.0755. The summed E-state index contributed by atoms with van der Waals surface area (Å²) in [7, 11) is 0. The number of halogens is 1. The second kappa shape index (κ2) is 8.01. The molecule has 0 saturated carbocycles. The summed E-state index contributed by atoms with van der Waals surface area (Å²) in [5, 5.41) is 14.9. The normalized spacial score (nSPS) is 13.5. The highest BCUT2D eigenvalue weighted by Gasteiger charge is 2.09. The van der Waals surface area contributed by atoms with Crippen molar-refractivity contribution in [1.29, 1.82) is 0 Å². The number of oxime groups is 1. The molecular weight excluding hydrogens is 265 g/mol. The van der Waals surface area contributed by atoms with Gasteiger partial charge in [0, 0.05) is 12.1 Å². The zero-order chi connectivity index (χ0) is 14.3. The Bertz CT molecular complexity index is 440. The average molecular weight is 285 g/mol. The predicted molar refractivity (Wildman–Crippen MR) is 78.2 cm³/mol. The highest BCUT2D eigenvalue weighted by Crippen LogP contribution is 2.12. The number of nitrogens with two attached hydrogens (primary N) is 1. The molecule has 0 saturated heterocycles. The lowest BCUT2D eigenvalue weighted by atomic mass is 10.1. The van der Waals surface area contributed by atoms with E-state index in [1.807, 2.05) is 11.8 Å². The van der Waals surface area contributed by atoms with Gasteiger partial charge in [-0.15, -0.1) is 0 Å². The zero-order valence-electron chi connectivity index (χ0n) is 11.2. The highest BCUT2D eigenvalue weighted by atomic mass is 32.2. The molecule has 1 aromatic carbocycles. The molecule has 0 aliphatic heterocycles. The van der Waals surface area contributed by atoms with Crippen LogP contribution in [-0.4, -0.2) is 29.6 Å². The van der Waals surface area contributed by atoms with E-state index >= 15 is 0 Å². The first kappa shape index (κ1) is 15.8. The van der Waals surface area contributed by atoms with E-state index in [2.05, 4.69) is 23.7 Å². The molecule has 106 valence electrons. The summed E-state index contributed by atoms with van der Waals surface area (Å²) in [6, 6.07) is 4.29. The maximum absolute atomic E-state index is 13.2. The minimum atomic E-state index is -0.402. The summed E-state index contributed by atoms with van der Waals surface area (Å²) in [4.78, 5) is 0. The summed E-state index contributed by atoms with van der Waals surface area (Å²) in [5.41, 5.74) is 6.78. The van der Waals surface area contributed by atoms with Crippen molar-refractivity contribution >= 4 is 17.6 Å². The van der Waals surface area contributed by atoms with Gasteiger partial charge in [0.15, 0.2) is 5.84 Å². The van der Waals surface area contributed by atoms with Crippen LogP contribution in [0.3, 0.4) is 0 Å². The van der Waals surface area contributed by atoms with Crippen molar-refractivity contribution in [2.75, 3.05) is 18.6 Å². The molecular formula is C13H20FN3OS. The molecule has 19 heavy (non-hydrogen) atoms. The number of hydrogen-bond donors (Lipinski definition) is 3. The molecule has 0 aliphatic carbocycles. The van der Waals surface area contributed by atoms with Gasteiger partial charge < -0.3 is 16.3 Å². The van der Waals surface area contributed by atoms with Crippen LogP contribution >= 0.6 is 11.8 Å². The van der Waals surface area contributed by atoms with Gasteiger partial charge in [-0.25, -0.2) is 4.39 Å². The van der Waals surface area contributed by atoms with Crippen LogP contribution in [0.15, 0.2) is 23.4 Å². The van der Waals surface area contributed by atoms with Gasteiger partial charge in [0.05, 0.1) is 0 Å². The van der Waals surface area contributed by atoms with Crippen molar-refractivity contribution in [3.05, 3.63) is 35.1 Å². The lowest BCUT2D eigenvalue weighted by Gasteiger charge is -2.13. The summed E-state index contributed by atoms with van der Waals surface area (Å²) < 4.78 is 13.2. The molecule has 1 unspecified atom stereocenters. The van der Waals surface area contributed by atoms with E-state index < -0.39 is 5.82 Å². The third-order valence-electron chi connectivity index (χ3n) is 2.72. The average Bonchev–Trinajstić information content (AvgIpc) is 2.39. The molecule has 1 aromatic rings. The Morgan fingerprint density at radius 2 is 2.32 bits per heavy atom. The Morgan fingerprint density at radius 3 is 2.95 bits per heavy atom. The molecule has 0 heterocycles. The topological polar surface area (TPSA) is 70.6 Å². The monoisotopic (exact) mass is 285 g/mol. The van der Waals surface area contributed by atoms with Crippen molar-refractivity contribution in [3.63, 3.8) is 0 Å². The first-order valence-corrected chi connectivity index (χ1v) is 7.43. The number of thioether (sulfide) groups is 1. The fourth-order valence-corrected chi connectivity index (χ4v) is 2.48. The van der Waals surface area contributed by atoms with Crippen molar-refractivity contribution in [3.8, 4) is 0 Å². The molecule has 1 atom stereocenters. The molecule has 6 heteroatoms. The molecule has 0 spiro atoms. The second-order valence-electron chi connectivity index (χ2n) is 4.48. The molecule has 0 aliphatic rings. The summed E-state index contributed by atoms with van der Waals surface area (Å²) in [6.45, 7) is 3.59. The summed E-state index contributed by atoms with van der Waals surface area (Å²) in [6.07, 6.45) is 2.08. The molecule has 0 fully saturated rings. The van der Waals surface area contributed by atoms with E-state index in [9.17, 15) is 4.39 Å². The largest absolute Gasteiger partial charge is 0.409 e. The lowest BCUT2D eigenvalue weighted by molar-refractivity contribution is 0.318. The first-order chi connectivity index (χ1) is 9.08. The van der Waals surface area contributed by atoms with Crippen LogP contribution in [0.5, 0.6) is 0 Å². The summed E-state index contributed by atoms with van der Waals surface area (Å²) in [5.74, 6) is 1.17. The zero-order valence-corrected chi connectivity index (χ0v) is 12.0. The Balaban J connectivity index is 2.68. The number of rotatable bonds is 7. The Hall–Kier alpha value is -1.27. The smallest absolute Gasteiger partial charge is 0.170 e. The van der Waals surface area contributed by atoms with E-state index in [1.54, 1.807) is 6.07 Å². The van der Waals surface area contributed by atoms with Crippen molar-refractivity contribution in [1.82, 2.24) is 5.32 Å². The van der Waals surface area contributed by atoms with E-state index in [1.165, 1.54) is 12.1 Å². The quantitative estimate of drug-likeness (QED) is 0.310. The van der Waals surface area contributed by atoms with Crippen molar-refractivity contribution in [2.24, 2.45) is 16.8 Å². The Morgan fingerprint density at radius 1 is 1.58 bits per heavy atom. The number of nitrogens with zero attached hydrogens (tertiary/aromatic N) is 1. The van der Waals surface area contributed by atoms with Gasteiger partial charge >= 0.3 is 0 Å². The van der Waals surface area contributed by atoms with Gasteiger partial charge in [0.1, 0.15) is 5.82 Å². The molecule has 1 rings (SSSR count). The van der Waals surface area contributed by atoms with E-state index in [-0.39, 0.29) is 5.84 Å². The molecule has 0 amide bonds. The van der Waals surface area contributed by atoms with Crippen LogP contribution in [0.25, 0.3) is 0 Å². The van der Waals surface area contributed by atoms with Crippen LogP contribution < -0.4 is 11.1 Å². The van der Waals surface area contributed by atoms with Crippen LogP contribution in [-0.2, 0) is 6.54 Å². The van der Waals surface area contributed by atoms with Crippen molar-refractivity contribution < 1.29 is 9.60 Å². The van der Waals surface area contributed by atoms with Crippen molar-refractivity contribution in [2.45, 2.75) is 13.5 Å². The summed E-state index contributed by atoms with van der Waals surface area (Å²) >= 11 is 1.81. The fourth-order valence-electron chi connectivity index (χ4n) is 1.79. The standard InChI is InChI=1S/C13H20FN3OS/c1-9(8-19-2)6-16-7-10-3-4-11(14)5-12(10)13(15)17-18/h3-5,9,16,18H,6-8H2,1-2H3,(H2,15,17). The van der Waals surface area contributed by atoms with Gasteiger partial charge in [-0.3, -0.25) is 0 Å². The Labute approximate surface area is 117 Å². The maximum Gasteiger partial charge on any atom is 0.170 e. The first-order valence-electron chi connectivity index (χ1n) is 6.04. The number of amidine groups is 1. The van der Waals surface area contributed by atoms with Crippen LogP contribution in [0, 0.1) is 11.7 Å². The van der Waals surface area contributed by atoms with Gasteiger partial charge in [0.2, 0.25) is 0 Å². The number of nitrogens with one attached hydrogen (secondary N) is 1. The highest BCUT2D eigenvalue weighted by molar-refractivity contribution is 7.98. The van der Waals surface area contributed by atoms with Crippen LogP contribution in [0.2, 0.25) is 0 Å². The SMILES string of the molecule is CSCC(C)CNCc1ccc(F)cc1C(N)=NO. The van der Waals surface area contributed by atoms with E-state index in [0.717, 1.165) is 17.9 Å². The van der Waals surface area contributed by atoms with Crippen LogP contribution in [0.1, 0.15) is 18.1 Å². The van der Waals surface area contributed by atoms with Gasteiger partial charge in [-0.1, -0.05) is 18.1 Å². The number of hydrogen-bond acceptors (Lipinski definition) is 4.